The lowest BCUT2D eigenvalue weighted by Crippen LogP contribution is -2.34. The molecule has 5 heterocycles. The van der Waals surface area contributed by atoms with Gasteiger partial charge in [0.05, 0.1) is 28.5 Å². The molecule has 2 unspecified atom stereocenters. The number of nitrogens with zero attached hydrogens (tertiary/aromatic N) is 6. The van der Waals surface area contributed by atoms with Gasteiger partial charge >= 0.3 is 5.69 Å². The van der Waals surface area contributed by atoms with Crippen LogP contribution in [-0.2, 0) is 7.05 Å². The molecule has 0 amide bonds. The quantitative estimate of drug-likeness (QED) is 0.383. The number of hydrogen-bond donors (Lipinski definition) is 1. The highest BCUT2D eigenvalue weighted by molar-refractivity contribution is 5.81. The molecule has 0 radical (unpaired) electrons. The first-order valence-electron chi connectivity index (χ1n) is 12.5. The third-order valence-corrected chi connectivity index (χ3v) is 7.85. The zero-order valence-electron chi connectivity index (χ0n) is 20.9. The number of nitrogens with one attached hydrogen (secondary N) is 1. The van der Waals surface area contributed by atoms with Crippen LogP contribution in [0.4, 0.5) is 13.2 Å². The van der Waals surface area contributed by atoms with Crippen LogP contribution in [0.15, 0.2) is 47.7 Å². The van der Waals surface area contributed by atoms with Gasteiger partial charge in [0.25, 0.3) is 0 Å². The molecule has 8 nitrogen and oxygen atoms in total. The first-order valence-corrected chi connectivity index (χ1v) is 12.5. The number of aryl methyl sites for hydroxylation is 3. The molecule has 11 heteroatoms. The fourth-order valence-electron chi connectivity index (χ4n) is 5.94. The SMILES string of the molecule is Cc1cc(-n2nc3c(c2-n2ccn(-c4ccc5c(cnn5C)c4F)c2=O)C2CCC(N2)[C@@H]3F)cc(C)c1F. The normalized spacial score (nSPS) is 20.4. The van der Waals surface area contributed by atoms with Gasteiger partial charge in [0.1, 0.15) is 17.3 Å². The predicted molar refractivity (Wildman–Crippen MR) is 135 cm³/mol. The maximum Gasteiger partial charge on any atom is 0.338 e. The first kappa shape index (κ1) is 23.0. The van der Waals surface area contributed by atoms with E-state index >= 15 is 8.78 Å². The molecule has 1 N–H and O–H groups in total. The molecule has 38 heavy (non-hydrogen) atoms. The second-order valence-corrected chi connectivity index (χ2v) is 10.2. The van der Waals surface area contributed by atoms with E-state index in [2.05, 4.69) is 15.5 Å². The summed E-state index contributed by atoms with van der Waals surface area (Å²) in [4.78, 5) is 13.8. The predicted octanol–water partition coefficient (Wildman–Crippen LogP) is 4.41. The molecule has 0 spiro atoms. The van der Waals surface area contributed by atoms with Crippen molar-refractivity contribution in [1.29, 1.82) is 0 Å². The summed E-state index contributed by atoms with van der Waals surface area (Å²) in [5.74, 6) is -0.543. The van der Waals surface area contributed by atoms with Gasteiger partial charge in [0.15, 0.2) is 12.0 Å². The zero-order valence-corrected chi connectivity index (χ0v) is 20.9. The maximum atomic E-state index is 15.5. The number of hydrogen-bond acceptors (Lipinski definition) is 4. The lowest BCUT2D eigenvalue weighted by molar-refractivity contribution is 0.245. The van der Waals surface area contributed by atoms with Crippen molar-refractivity contribution in [2.75, 3.05) is 0 Å². The molecule has 5 aromatic rings. The number of rotatable bonds is 3. The summed E-state index contributed by atoms with van der Waals surface area (Å²) < 4.78 is 51.1. The summed E-state index contributed by atoms with van der Waals surface area (Å²) >= 11 is 0. The molecule has 1 fully saturated rings. The Labute approximate surface area is 214 Å². The fourth-order valence-corrected chi connectivity index (χ4v) is 5.94. The molecule has 0 aliphatic carbocycles. The van der Waals surface area contributed by atoms with Crippen LogP contribution < -0.4 is 11.0 Å². The first-order chi connectivity index (χ1) is 18.2. The van der Waals surface area contributed by atoms with Gasteiger partial charge in [-0.1, -0.05) is 0 Å². The van der Waals surface area contributed by atoms with Crippen molar-refractivity contribution in [2.24, 2.45) is 7.05 Å². The van der Waals surface area contributed by atoms with Gasteiger partial charge in [0.2, 0.25) is 0 Å². The molecule has 2 aromatic carbocycles. The molecule has 3 aromatic heterocycles. The van der Waals surface area contributed by atoms with E-state index in [0.29, 0.717) is 51.9 Å². The van der Waals surface area contributed by atoms with Crippen molar-refractivity contribution in [1.82, 2.24) is 34.0 Å². The van der Waals surface area contributed by atoms with Crippen molar-refractivity contribution in [2.45, 2.75) is 44.9 Å². The minimum Gasteiger partial charge on any atom is -0.304 e. The molecule has 3 atom stereocenters. The Morgan fingerprint density at radius 3 is 2.53 bits per heavy atom. The third-order valence-electron chi connectivity index (χ3n) is 7.85. The monoisotopic (exact) mass is 519 g/mol. The van der Waals surface area contributed by atoms with Crippen LogP contribution in [0.1, 0.15) is 47.4 Å². The lowest BCUT2D eigenvalue weighted by atomic mass is 10.0. The second-order valence-electron chi connectivity index (χ2n) is 10.2. The van der Waals surface area contributed by atoms with Crippen molar-refractivity contribution in [3.8, 4) is 17.2 Å². The summed E-state index contributed by atoms with van der Waals surface area (Å²) in [7, 11) is 1.72. The summed E-state index contributed by atoms with van der Waals surface area (Å²) in [5.41, 5.74) is 2.33. The topological polar surface area (TPSA) is 74.6 Å². The molecule has 0 saturated carbocycles. The van der Waals surface area contributed by atoms with Crippen LogP contribution in [0.5, 0.6) is 0 Å². The highest BCUT2D eigenvalue weighted by Gasteiger charge is 2.45. The molecule has 2 aliphatic rings. The Morgan fingerprint density at radius 2 is 1.76 bits per heavy atom. The largest absolute Gasteiger partial charge is 0.338 e. The van der Waals surface area contributed by atoms with Crippen LogP contribution in [0.25, 0.3) is 28.1 Å². The van der Waals surface area contributed by atoms with Gasteiger partial charge in [-0.3, -0.25) is 13.8 Å². The van der Waals surface area contributed by atoms with E-state index in [1.165, 1.54) is 38.5 Å². The van der Waals surface area contributed by atoms with Crippen molar-refractivity contribution in [3.63, 3.8) is 0 Å². The molecular weight excluding hydrogens is 495 g/mol. The Balaban J connectivity index is 1.47. The summed E-state index contributed by atoms with van der Waals surface area (Å²) in [6.45, 7) is 3.30. The van der Waals surface area contributed by atoms with Crippen molar-refractivity contribution < 1.29 is 13.2 Å². The number of halogens is 3. The average Bonchev–Trinajstić information content (AvgIpc) is 3.66. The average molecular weight is 520 g/mol. The van der Waals surface area contributed by atoms with Gasteiger partial charge in [0, 0.05) is 37.1 Å². The molecule has 194 valence electrons. The van der Waals surface area contributed by atoms with E-state index in [1.807, 2.05) is 0 Å². The van der Waals surface area contributed by atoms with Gasteiger partial charge in [-0.25, -0.2) is 22.6 Å². The van der Waals surface area contributed by atoms with Gasteiger partial charge in [-0.2, -0.15) is 10.2 Å². The van der Waals surface area contributed by atoms with Crippen LogP contribution in [0.2, 0.25) is 0 Å². The van der Waals surface area contributed by atoms with E-state index in [1.54, 1.807) is 43.8 Å². The summed E-state index contributed by atoms with van der Waals surface area (Å²) in [6.07, 6.45) is 4.43. The highest BCUT2D eigenvalue weighted by Crippen LogP contribution is 2.45. The Kier molecular flexibility index (Phi) is 4.81. The van der Waals surface area contributed by atoms with E-state index in [9.17, 15) is 9.18 Å². The minimum atomic E-state index is -1.35. The number of alkyl halides is 1. The van der Waals surface area contributed by atoms with E-state index in [4.69, 9.17) is 0 Å². The number of aromatic nitrogens is 6. The van der Waals surface area contributed by atoms with Crippen LogP contribution in [0.3, 0.4) is 0 Å². The van der Waals surface area contributed by atoms with Crippen LogP contribution >= 0.6 is 0 Å². The standard InChI is InChI=1S/C27H24F3N7O/c1-13-10-15(11-14(2)22(13)28)37-26(21-17-4-5-18(32-17)24(30)25(21)33-37)36-9-8-35(27(36)38)20-7-6-19-16(23(20)29)12-31-34(19)3/h6-12,17-18,24,32H,4-5H2,1-3H3/t17?,18?,24-/m0/s1. The Hall–Kier alpha value is -4.12. The number of imidazole rings is 1. The fraction of sp³-hybridized carbons (Fsp3) is 0.296. The molecular formula is C27H24F3N7O. The van der Waals surface area contributed by atoms with Crippen molar-refractivity contribution in [3.05, 3.63) is 87.4 Å². The Bertz CT molecular complexity index is 1810. The Morgan fingerprint density at radius 1 is 1.03 bits per heavy atom. The zero-order chi connectivity index (χ0) is 26.5. The van der Waals surface area contributed by atoms with Crippen LogP contribution in [0, 0.1) is 25.5 Å². The summed E-state index contributed by atoms with van der Waals surface area (Å²) in [6, 6.07) is 5.96. The van der Waals surface area contributed by atoms with E-state index in [-0.39, 0.29) is 29.3 Å². The second kappa shape index (κ2) is 7.94. The molecule has 2 bridgehead atoms. The van der Waals surface area contributed by atoms with Crippen molar-refractivity contribution >= 4 is 10.9 Å². The summed E-state index contributed by atoms with van der Waals surface area (Å²) in [5, 5.41) is 12.4. The van der Waals surface area contributed by atoms with E-state index < -0.39 is 17.7 Å². The van der Waals surface area contributed by atoms with E-state index in [0.717, 1.165) is 0 Å². The number of benzene rings is 2. The molecule has 2 aliphatic heterocycles. The lowest BCUT2D eigenvalue weighted by Gasteiger charge is -2.24. The minimum absolute atomic E-state index is 0.0741. The maximum absolute atomic E-state index is 15.5. The van der Waals surface area contributed by atoms with Gasteiger partial charge in [-0.05, 0) is 62.1 Å². The highest BCUT2D eigenvalue weighted by atomic mass is 19.1. The number of fused-ring (bicyclic) bond motifs is 5. The third kappa shape index (κ3) is 3.05. The molecule has 1 saturated heterocycles. The van der Waals surface area contributed by atoms with Gasteiger partial charge in [-0.15, -0.1) is 0 Å². The smallest absolute Gasteiger partial charge is 0.304 e. The molecule has 7 rings (SSSR count). The van der Waals surface area contributed by atoms with Crippen LogP contribution in [-0.4, -0.2) is 34.7 Å². The van der Waals surface area contributed by atoms with Gasteiger partial charge < -0.3 is 5.32 Å².